The Bertz CT molecular complexity index is 864. The molecular weight excluding hydrogens is 532 g/mol. The predicted molar refractivity (Wildman–Crippen MR) is 103 cm³/mol. The molecule has 1 saturated carbocycles. The number of hydrogen-bond donors (Lipinski definition) is 1. The van der Waals surface area contributed by atoms with Gasteiger partial charge < -0.3 is 9.47 Å². The molecule has 0 heterocycles. The van der Waals surface area contributed by atoms with Gasteiger partial charge in [0.05, 0.1) is 5.92 Å². The average molecular weight is 550 g/mol. The molecule has 1 unspecified atom stereocenters. The summed E-state index contributed by atoms with van der Waals surface area (Å²) >= 11 is 1.87. The second-order valence-corrected chi connectivity index (χ2v) is 9.32. The third-order valence-electron chi connectivity index (χ3n) is 4.29. The lowest BCUT2D eigenvalue weighted by Crippen LogP contribution is -2.39. The van der Waals surface area contributed by atoms with Crippen LogP contribution in [0.2, 0.25) is 0 Å². The second-order valence-electron chi connectivity index (χ2n) is 6.58. The largest absolute Gasteiger partial charge is 0.448 e. The van der Waals surface area contributed by atoms with Gasteiger partial charge in [0.15, 0.2) is 0 Å². The molecule has 1 aromatic carbocycles. The normalized spacial score (nSPS) is 16.9. The minimum absolute atomic E-state index is 0.273. The zero-order valence-corrected chi connectivity index (χ0v) is 17.9. The summed E-state index contributed by atoms with van der Waals surface area (Å²) < 4.78 is 79.5. The fourth-order valence-corrected chi connectivity index (χ4v) is 3.96. The van der Waals surface area contributed by atoms with E-state index in [9.17, 15) is 31.2 Å². The summed E-state index contributed by atoms with van der Waals surface area (Å²) in [6.45, 7) is 0. The summed E-state index contributed by atoms with van der Waals surface area (Å²) in [6, 6.07) is 3.80. The van der Waals surface area contributed by atoms with Crippen LogP contribution >= 0.6 is 22.6 Å². The van der Waals surface area contributed by atoms with Gasteiger partial charge in [-0.05, 0) is 53.6 Å². The van der Waals surface area contributed by atoms with E-state index in [1.165, 1.54) is 12.1 Å². The van der Waals surface area contributed by atoms with Crippen LogP contribution < -0.4 is 4.74 Å². The quantitative estimate of drug-likeness (QED) is 0.249. The summed E-state index contributed by atoms with van der Waals surface area (Å²) in [6.07, 6.45) is -4.37. The molecule has 29 heavy (non-hydrogen) atoms. The molecule has 1 aliphatic carbocycles. The van der Waals surface area contributed by atoms with E-state index in [-0.39, 0.29) is 11.7 Å². The molecule has 0 aliphatic heterocycles. The number of ether oxygens (including phenoxy) is 2. The summed E-state index contributed by atoms with van der Waals surface area (Å²) in [5, 5.41) is 0. The van der Waals surface area contributed by atoms with Crippen molar-refractivity contribution in [3.8, 4) is 5.75 Å². The summed E-state index contributed by atoms with van der Waals surface area (Å²) in [7, 11) is -5.07. The van der Waals surface area contributed by atoms with E-state index < -0.39 is 45.7 Å². The van der Waals surface area contributed by atoms with Crippen molar-refractivity contribution in [2.45, 2.75) is 44.4 Å². The zero-order valence-electron chi connectivity index (χ0n) is 14.9. The van der Waals surface area contributed by atoms with Crippen LogP contribution in [0.4, 0.5) is 13.2 Å². The number of benzene rings is 1. The summed E-state index contributed by atoms with van der Waals surface area (Å²) in [5.41, 5.74) is -0.459. The molecule has 1 atom stereocenters. The molecule has 0 saturated heterocycles. The Balaban J connectivity index is 2.24. The third kappa shape index (κ3) is 7.41. The van der Waals surface area contributed by atoms with E-state index in [1.54, 1.807) is 0 Å². The second kappa shape index (κ2) is 9.60. The molecule has 7 nitrogen and oxygen atoms in total. The molecule has 2 rings (SSSR count). The van der Waals surface area contributed by atoms with Gasteiger partial charge in [0.1, 0.15) is 17.1 Å². The van der Waals surface area contributed by atoms with Crippen molar-refractivity contribution in [1.29, 1.82) is 0 Å². The smallest absolute Gasteiger partial charge is 0.426 e. The van der Waals surface area contributed by atoms with E-state index >= 15 is 0 Å². The first kappa shape index (κ1) is 23.9. The minimum atomic E-state index is -5.23. The van der Waals surface area contributed by atoms with Crippen molar-refractivity contribution in [2.75, 3.05) is 5.75 Å². The van der Waals surface area contributed by atoms with Crippen LogP contribution in [0.1, 0.15) is 42.5 Å². The van der Waals surface area contributed by atoms with Crippen LogP contribution in [0.25, 0.3) is 0 Å². The average Bonchev–Trinajstić information content (AvgIpc) is 2.60. The lowest BCUT2D eigenvalue weighted by molar-refractivity contribution is -0.197. The number of halogens is 4. The molecule has 162 valence electrons. The van der Waals surface area contributed by atoms with Crippen molar-refractivity contribution in [3.05, 3.63) is 27.3 Å². The van der Waals surface area contributed by atoms with E-state index in [0.717, 1.165) is 25.3 Å². The van der Waals surface area contributed by atoms with Gasteiger partial charge in [0, 0.05) is 3.57 Å². The Morgan fingerprint density at radius 3 is 2.38 bits per heavy atom. The first-order valence-electron chi connectivity index (χ1n) is 8.61. The van der Waals surface area contributed by atoms with Crippen molar-refractivity contribution >= 4 is 44.6 Å². The van der Waals surface area contributed by atoms with E-state index in [0.29, 0.717) is 16.4 Å². The highest BCUT2D eigenvalue weighted by Gasteiger charge is 2.46. The first-order valence-corrected chi connectivity index (χ1v) is 11.3. The first-order chi connectivity index (χ1) is 13.4. The molecule has 0 spiro atoms. The number of alkyl halides is 3. The SMILES string of the molecule is O=C(OC(CS(=O)(=O)O)C(F)(F)F)c1ccc(I)cc1OC(=O)C1CCCCC1. The zero-order chi connectivity index (χ0) is 21.8. The summed E-state index contributed by atoms with van der Waals surface area (Å²) in [5.74, 6) is -4.60. The van der Waals surface area contributed by atoms with E-state index in [1.807, 2.05) is 22.6 Å². The predicted octanol–water partition coefficient (Wildman–Crippen LogP) is 3.75. The molecule has 0 bridgehead atoms. The molecule has 0 aromatic heterocycles. The molecule has 0 amide bonds. The molecule has 0 radical (unpaired) electrons. The topological polar surface area (TPSA) is 107 Å². The molecular formula is C17H18F3IO7S. The number of carbonyl (C=O) groups is 2. The Hall–Kier alpha value is -1.41. The molecule has 1 fully saturated rings. The lowest BCUT2D eigenvalue weighted by Gasteiger charge is -2.22. The minimum Gasteiger partial charge on any atom is -0.448 e. The van der Waals surface area contributed by atoms with Gasteiger partial charge in [0.25, 0.3) is 10.1 Å². The highest BCUT2D eigenvalue weighted by Crippen LogP contribution is 2.30. The maximum Gasteiger partial charge on any atom is 0.426 e. The maximum absolute atomic E-state index is 13.0. The highest BCUT2D eigenvalue weighted by molar-refractivity contribution is 14.1. The van der Waals surface area contributed by atoms with Crippen LogP contribution in [0.5, 0.6) is 5.75 Å². The monoisotopic (exact) mass is 550 g/mol. The summed E-state index contributed by atoms with van der Waals surface area (Å²) in [4.78, 5) is 24.6. The van der Waals surface area contributed by atoms with Gasteiger partial charge in [-0.3, -0.25) is 9.35 Å². The highest BCUT2D eigenvalue weighted by atomic mass is 127. The van der Waals surface area contributed by atoms with E-state index in [2.05, 4.69) is 4.74 Å². The van der Waals surface area contributed by atoms with Crippen LogP contribution in [0, 0.1) is 9.49 Å². The van der Waals surface area contributed by atoms with Crippen LogP contribution in [0.3, 0.4) is 0 Å². The van der Waals surface area contributed by atoms with Crippen molar-refractivity contribution in [2.24, 2.45) is 5.92 Å². The van der Waals surface area contributed by atoms with Crippen molar-refractivity contribution in [3.63, 3.8) is 0 Å². The Kier molecular flexibility index (Phi) is 7.90. The van der Waals surface area contributed by atoms with E-state index in [4.69, 9.17) is 9.29 Å². The van der Waals surface area contributed by atoms with Crippen LogP contribution in [-0.2, 0) is 19.6 Å². The Morgan fingerprint density at radius 1 is 1.21 bits per heavy atom. The third-order valence-corrected chi connectivity index (χ3v) is 5.68. The van der Waals surface area contributed by atoms with Gasteiger partial charge in [-0.25, -0.2) is 4.79 Å². The van der Waals surface area contributed by atoms with Crippen LogP contribution in [-0.4, -0.2) is 42.9 Å². The number of esters is 2. The van der Waals surface area contributed by atoms with Crippen LogP contribution in [0.15, 0.2) is 18.2 Å². The molecule has 12 heteroatoms. The van der Waals surface area contributed by atoms with Gasteiger partial charge >= 0.3 is 18.1 Å². The van der Waals surface area contributed by atoms with Crippen molar-refractivity contribution in [1.82, 2.24) is 0 Å². The fourth-order valence-electron chi connectivity index (χ4n) is 2.86. The Labute approximate surface area is 178 Å². The Morgan fingerprint density at radius 2 is 1.83 bits per heavy atom. The molecule has 1 N–H and O–H groups in total. The van der Waals surface area contributed by atoms with Gasteiger partial charge in [0.2, 0.25) is 6.10 Å². The standard InChI is InChI=1S/C17H18F3IO7S/c18-17(19,20)14(9-29(24,25)26)28-16(23)12-7-6-11(21)8-13(12)27-15(22)10-4-2-1-3-5-10/h6-8,10,14H,1-5,9H2,(H,24,25,26). The molecule has 1 aliphatic rings. The maximum atomic E-state index is 13.0. The number of hydrogen-bond acceptors (Lipinski definition) is 6. The van der Waals surface area contributed by atoms with Gasteiger partial charge in [-0.15, -0.1) is 0 Å². The molecule has 1 aromatic rings. The fraction of sp³-hybridized carbons (Fsp3) is 0.529. The van der Waals surface area contributed by atoms with Gasteiger partial charge in [-0.2, -0.15) is 21.6 Å². The van der Waals surface area contributed by atoms with Gasteiger partial charge in [-0.1, -0.05) is 19.3 Å². The number of carbonyl (C=O) groups excluding carboxylic acids is 2. The lowest BCUT2D eigenvalue weighted by atomic mass is 9.89. The van der Waals surface area contributed by atoms with Crippen molar-refractivity contribution < 1.29 is 45.2 Å². The number of rotatable bonds is 6.